The molecular weight excluding hydrogens is 477 g/mol. The van der Waals surface area contributed by atoms with Crippen molar-refractivity contribution in [3.05, 3.63) is 47.5 Å². The van der Waals surface area contributed by atoms with Gasteiger partial charge in [0.1, 0.15) is 11.5 Å². The van der Waals surface area contributed by atoms with Gasteiger partial charge in [0.2, 0.25) is 5.91 Å². The van der Waals surface area contributed by atoms with Gasteiger partial charge in [-0.3, -0.25) is 14.4 Å². The molecule has 0 aliphatic carbocycles. The number of methoxy groups -OCH3 is 1. The maximum Gasteiger partial charge on any atom is 0.306 e. The number of ether oxygens (including phenoxy) is 1. The van der Waals surface area contributed by atoms with E-state index in [1.54, 1.807) is 22.7 Å². The molecule has 1 fully saturated rings. The number of esters is 1. The molecule has 0 radical (unpaired) electrons. The van der Waals surface area contributed by atoms with E-state index in [2.05, 4.69) is 27.1 Å². The zero-order valence-corrected chi connectivity index (χ0v) is 21.4. The predicted molar refractivity (Wildman–Crippen MR) is 137 cm³/mol. The summed E-state index contributed by atoms with van der Waals surface area (Å²) < 4.78 is 21.2. The number of carbonyl (C=O) groups is 3. The summed E-state index contributed by atoms with van der Waals surface area (Å²) in [5.41, 5.74) is 2.53. The lowest BCUT2D eigenvalue weighted by atomic mass is 10.1. The van der Waals surface area contributed by atoms with Crippen molar-refractivity contribution >= 4 is 29.1 Å². The molecule has 9 nitrogen and oxygen atoms in total. The summed E-state index contributed by atoms with van der Waals surface area (Å²) in [6.07, 6.45) is 4.70. The number of likely N-dealkylation sites (tertiary alicyclic amines) is 1. The lowest BCUT2D eigenvalue weighted by Gasteiger charge is -2.27. The van der Waals surface area contributed by atoms with Crippen LogP contribution in [0.15, 0.2) is 30.3 Å². The number of fused-ring (bicyclic) bond motifs is 1. The molecular formula is C27H32FN5O4. The minimum Gasteiger partial charge on any atom is -0.469 e. The Hall–Kier alpha value is -3.82. The van der Waals surface area contributed by atoms with E-state index < -0.39 is 17.7 Å². The van der Waals surface area contributed by atoms with Crippen LogP contribution in [0.25, 0.3) is 16.9 Å². The number of aryl methyl sites for hydroxylation is 1. The second-order valence-corrected chi connectivity index (χ2v) is 9.30. The van der Waals surface area contributed by atoms with E-state index in [9.17, 15) is 14.4 Å². The van der Waals surface area contributed by atoms with Crippen LogP contribution in [0.1, 0.15) is 68.6 Å². The SMILES string of the molecule is CCc1cc(C(=O)N2CCCCCC2C)nc2cc(-c3ccc(NC(=O)CCC(=O)OC)cc3F)nn12. The Morgan fingerprint density at radius 1 is 1.14 bits per heavy atom. The third kappa shape index (κ3) is 5.95. The highest BCUT2D eigenvalue weighted by Gasteiger charge is 2.25. The number of carbonyl (C=O) groups excluding carboxylic acids is 3. The molecule has 10 heteroatoms. The van der Waals surface area contributed by atoms with Crippen LogP contribution in [0.2, 0.25) is 0 Å². The molecule has 1 unspecified atom stereocenters. The highest BCUT2D eigenvalue weighted by Crippen LogP contribution is 2.27. The number of benzene rings is 1. The number of nitrogens with zero attached hydrogens (tertiary/aromatic N) is 4. The van der Waals surface area contributed by atoms with Crippen molar-refractivity contribution in [3.8, 4) is 11.3 Å². The van der Waals surface area contributed by atoms with Gasteiger partial charge in [-0.2, -0.15) is 5.10 Å². The number of anilines is 1. The number of amides is 2. The van der Waals surface area contributed by atoms with Crippen LogP contribution < -0.4 is 5.32 Å². The largest absolute Gasteiger partial charge is 0.469 e. The van der Waals surface area contributed by atoms with Crippen LogP contribution in [0, 0.1) is 5.82 Å². The van der Waals surface area contributed by atoms with Gasteiger partial charge in [0.15, 0.2) is 5.65 Å². The molecule has 2 amide bonds. The lowest BCUT2D eigenvalue weighted by molar-refractivity contribution is -0.141. The molecule has 0 spiro atoms. The number of hydrogen-bond donors (Lipinski definition) is 1. The molecule has 3 aromatic rings. The highest BCUT2D eigenvalue weighted by atomic mass is 19.1. The van der Waals surface area contributed by atoms with Gasteiger partial charge < -0.3 is 15.0 Å². The second kappa shape index (κ2) is 11.5. The first-order chi connectivity index (χ1) is 17.8. The molecule has 1 aromatic carbocycles. The lowest BCUT2D eigenvalue weighted by Crippen LogP contribution is -2.38. The summed E-state index contributed by atoms with van der Waals surface area (Å²) in [5.74, 6) is -1.57. The number of hydrogen-bond acceptors (Lipinski definition) is 6. The van der Waals surface area contributed by atoms with Gasteiger partial charge in [0, 0.05) is 42.0 Å². The average Bonchev–Trinajstić information content (AvgIpc) is 3.20. The van der Waals surface area contributed by atoms with Gasteiger partial charge >= 0.3 is 5.97 Å². The van der Waals surface area contributed by atoms with Crippen LogP contribution in [-0.2, 0) is 20.7 Å². The van der Waals surface area contributed by atoms with E-state index in [0.29, 0.717) is 23.5 Å². The maximum atomic E-state index is 15.0. The van der Waals surface area contributed by atoms with E-state index in [-0.39, 0.29) is 36.0 Å². The standard InChI is InChI=1S/C27H32FN5O4/c1-4-19-15-23(27(36)32-13-7-5-6-8-17(32)2)30-24-16-22(31-33(19)24)20-10-9-18(14-21(20)28)29-25(34)11-12-26(35)37-3/h9-10,14-17H,4-8,11-13H2,1-3H3,(H,29,34). The smallest absolute Gasteiger partial charge is 0.306 e. The first-order valence-electron chi connectivity index (χ1n) is 12.7. The Morgan fingerprint density at radius 2 is 1.95 bits per heavy atom. The third-order valence-corrected chi connectivity index (χ3v) is 6.71. The minimum absolute atomic E-state index is 0.0575. The summed E-state index contributed by atoms with van der Waals surface area (Å²) in [6, 6.07) is 7.90. The fraction of sp³-hybridized carbons (Fsp3) is 0.444. The van der Waals surface area contributed by atoms with Crippen LogP contribution >= 0.6 is 0 Å². The monoisotopic (exact) mass is 509 g/mol. The van der Waals surface area contributed by atoms with Crippen molar-refractivity contribution in [2.24, 2.45) is 0 Å². The van der Waals surface area contributed by atoms with Crippen molar-refractivity contribution in [3.63, 3.8) is 0 Å². The molecule has 37 heavy (non-hydrogen) atoms. The second-order valence-electron chi connectivity index (χ2n) is 9.30. The van der Waals surface area contributed by atoms with E-state index in [1.165, 1.54) is 19.2 Å². The van der Waals surface area contributed by atoms with Crippen LogP contribution in [0.3, 0.4) is 0 Å². The molecule has 3 heterocycles. The van der Waals surface area contributed by atoms with Crippen molar-refractivity contribution in [2.45, 2.75) is 64.8 Å². The first-order valence-corrected chi connectivity index (χ1v) is 12.7. The van der Waals surface area contributed by atoms with Gasteiger partial charge in [-0.25, -0.2) is 13.9 Å². The molecule has 1 saturated heterocycles. The normalized spacial score (nSPS) is 15.9. The molecule has 4 rings (SSSR count). The Kier molecular flexibility index (Phi) is 8.15. The van der Waals surface area contributed by atoms with E-state index in [1.807, 2.05) is 11.8 Å². The van der Waals surface area contributed by atoms with E-state index in [0.717, 1.165) is 37.9 Å². The Balaban J connectivity index is 1.58. The summed E-state index contributed by atoms with van der Waals surface area (Å²) in [7, 11) is 1.25. The molecule has 1 N–H and O–H groups in total. The van der Waals surface area contributed by atoms with E-state index in [4.69, 9.17) is 0 Å². The van der Waals surface area contributed by atoms with E-state index >= 15 is 4.39 Å². The number of aromatic nitrogens is 3. The third-order valence-electron chi connectivity index (χ3n) is 6.71. The Bertz CT molecular complexity index is 1320. The maximum absolute atomic E-state index is 15.0. The summed E-state index contributed by atoms with van der Waals surface area (Å²) in [5, 5.41) is 7.13. The number of halogens is 1. The zero-order valence-electron chi connectivity index (χ0n) is 21.4. The molecule has 196 valence electrons. The predicted octanol–water partition coefficient (Wildman–Crippen LogP) is 4.39. The fourth-order valence-corrected chi connectivity index (χ4v) is 4.60. The van der Waals surface area contributed by atoms with Gasteiger partial charge in [0.25, 0.3) is 5.91 Å². The van der Waals surface area contributed by atoms with Crippen molar-refractivity contribution < 1.29 is 23.5 Å². The minimum atomic E-state index is -0.568. The van der Waals surface area contributed by atoms with Crippen LogP contribution in [-0.4, -0.2) is 57.0 Å². The topological polar surface area (TPSA) is 106 Å². The highest BCUT2D eigenvalue weighted by molar-refractivity contribution is 5.94. The molecule has 1 aliphatic rings. The van der Waals surface area contributed by atoms with Gasteiger partial charge in [-0.1, -0.05) is 19.8 Å². The van der Waals surface area contributed by atoms with Crippen molar-refractivity contribution in [1.82, 2.24) is 19.5 Å². The first kappa shape index (κ1) is 26.2. The molecule has 0 saturated carbocycles. The fourth-order valence-electron chi connectivity index (χ4n) is 4.60. The Labute approximate surface area is 215 Å². The number of rotatable bonds is 7. The van der Waals surface area contributed by atoms with Gasteiger partial charge in [-0.15, -0.1) is 0 Å². The zero-order chi connectivity index (χ0) is 26.5. The van der Waals surface area contributed by atoms with Crippen molar-refractivity contribution in [1.29, 1.82) is 0 Å². The molecule has 0 bridgehead atoms. The van der Waals surface area contributed by atoms with Crippen LogP contribution in [0.4, 0.5) is 10.1 Å². The van der Waals surface area contributed by atoms with Crippen molar-refractivity contribution in [2.75, 3.05) is 19.0 Å². The summed E-state index contributed by atoms with van der Waals surface area (Å²) in [6.45, 7) is 4.76. The summed E-state index contributed by atoms with van der Waals surface area (Å²) >= 11 is 0. The molecule has 1 aliphatic heterocycles. The van der Waals surface area contributed by atoms with Gasteiger partial charge in [0.05, 0.1) is 19.2 Å². The quantitative estimate of drug-likeness (QED) is 0.474. The molecule has 1 atom stereocenters. The van der Waals surface area contributed by atoms with Gasteiger partial charge in [-0.05, 0) is 50.5 Å². The van der Waals surface area contributed by atoms with Crippen LogP contribution in [0.5, 0.6) is 0 Å². The average molecular weight is 510 g/mol. The Morgan fingerprint density at radius 3 is 2.68 bits per heavy atom. The summed E-state index contributed by atoms with van der Waals surface area (Å²) in [4.78, 5) is 43.1. The number of nitrogens with one attached hydrogen (secondary N) is 1. The molecule has 2 aromatic heterocycles.